The van der Waals surface area contributed by atoms with Crippen LogP contribution in [0.3, 0.4) is 0 Å². The molecule has 1 heterocycles. The summed E-state index contributed by atoms with van der Waals surface area (Å²) < 4.78 is 0. The first-order valence-electron chi connectivity index (χ1n) is 7.29. The number of carbonyl (C=O) groups is 1. The van der Waals surface area contributed by atoms with E-state index in [9.17, 15) is 4.79 Å². The van der Waals surface area contributed by atoms with Crippen LogP contribution in [0.5, 0.6) is 0 Å². The van der Waals surface area contributed by atoms with Gasteiger partial charge in [0.2, 0.25) is 0 Å². The summed E-state index contributed by atoms with van der Waals surface area (Å²) in [4.78, 5) is 17.3. The van der Waals surface area contributed by atoms with Gasteiger partial charge in [-0.25, -0.2) is 4.98 Å². The lowest BCUT2D eigenvalue weighted by atomic mass is 10.2. The summed E-state index contributed by atoms with van der Waals surface area (Å²) in [5, 5.41) is 15.0. The minimum Gasteiger partial charge on any atom is -0.480 e. The number of benzene rings is 1. The highest BCUT2D eigenvalue weighted by Crippen LogP contribution is 2.22. The average molecular weight is 319 g/mol. The van der Waals surface area contributed by atoms with Gasteiger partial charge in [0, 0.05) is 17.6 Å². The summed E-state index contributed by atoms with van der Waals surface area (Å²) in [6.45, 7) is 5.46. The van der Waals surface area contributed by atoms with Crippen molar-refractivity contribution < 1.29 is 9.90 Å². The lowest BCUT2D eigenvalue weighted by molar-refractivity contribution is -0.138. The molecule has 0 unspecified atom stereocenters. The summed E-state index contributed by atoms with van der Waals surface area (Å²) in [6, 6.07) is 8.13. The fourth-order valence-corrected chi connectivity index (χ4v) is 2.87. The Hall–Kier alpha value is -1.92. The van der Waals surface area contributed by atoms with E-state index in [1.165, 1.54) is 16.9 Å². The minimum absolute atomic E-state index is 0.0477. The van der Waals surface area contributed by atoms with Crippen molar-refractivity contribution in [2.75, 3.05) is 18.4 Å². The third-order valence-corrected chi connectivity index (χ3v) is 3.95. The second kappa shape index (κ2) is 7.91. The fraction of sp³-hybridized carbons (Fsp3) is 0.375. The van der Waals surface area contributed by atoms with Crippen LogP contribution in [0.2, 0.25) is 0 Å². The fourth-order valence-electron chi connectivity index (χ4n) is 2.15. The molecule has 2 aromatic rings. The van der Waals surface area contributed by atoms with E-state index in [-0.39, 0.29) is 6.54 Å². The first-order valence-corrected chi connectivity index (χ1v) is 8.17. The van der Waals surface area contributed by atoms with Gasteiger partial charge in [0.1, 0.15) is 0 Å². The van der Waals surface area contributed by atoms with Gasteiger partial charge in [-0.1, -0.05) is 24.6 Å². The van der Waals surface area contributed by atoms with Gasteiger partial charge in [0.15, 0.2) is 5.13 Å². The highest BCUT2D eigenvalue weighted by atomic mass is 32.1. The number of hydrogen-bond donors (Lipinski definition) is 2. The standard InChI is InChI=1S/C16H21N3O2S/c1-3-8-19(10-15(20)21)9-14-11-22-16(18-14)17-13-6-4-12(2)5-7-13/h4-7,11H,3,8-10H2,1-2H3,(H,17,18)(H,20,21). The Kier molecular flexibility index (Phi) is 5.91. The number of rotatable bonds is 8. The SMILES string of the molecule is CCCN(CC(=O)O)Cc1csc(Nc2ccc(C)cc2)n1. The zero-order valence-corrected chi connectivity index (χ0v) is 13.7. The van der Waals surface area contributed by atoms with Crippen molar-refractivity contribution in [3.05, 3.63) is 40.9 Å². The highest BCUT2D eigenvalue weighted by molar-refractivity contribution is 7.13. The molecule has 2 N–H and O–H groups in total. The molecule has 22 heavy (non-hydrogen) atoms. The van der Waals surface area contributed by atoms with E-state index >= 15 is 0 Å². The number of hydrogen-bond acceptors (Lipinski definition) is 5. The lowest BCUT2D eigenvalue weighted by Crippen LogP contribution is -2.30. The maximum Gasteiger partial charge on any atom is 0.317 e. The Balaban J connectivity index is 1.97. The molecule has 6 heteroatoms. The average Bonchev–Trinajstić information content (AvgIpc) is 2.88. The largest absolute Gasteiger partial charge is 0.480 e. The normalized spacial score (nSPS) is 10.9. The quantitative estimate of drug-likeness (QED) is 0.779. The zero-order valence-electron chi connectivity index (χ0n) is 12.9. The van der Waals surface area contributed by atoms with Crippen molar-refractivity contribution in [3.8, 4) is 0 Å². The third kappa shape index (κ3) is 5.13. The van der Waals surface area contributed by atoms with E-state index in [2.05, 4.69) is 17.2 Å². The summed E-state index contributed by atoms with van der Waals surface area (Å²) in [7, 11) is 0. The van der Waals surface area contributed by atoms with Gasteiger partial charge in [0.05, 0.1) is 12.2 Å². The molecule has 1 aromatic carbocycles. The van der Waals surface area contributed by atoms with E-state index in [1.54, 1.807) is 0 Å². The number of anilines is 2. The summed E-state index contributed by atoms with van der Waals surface area (Å²) in [6.07, 6.45) is 0.923. The number of aliphatic carboxylic acids is 1. The third-order valence-electron chi connectivity index (χ3n) is 3.14. The predicted molar refractivity (Wildman–Crippen MR) is 89.8 cm³/mol. The van der Waals surface area contributed by atoms with Crippen LogP contribution >= 0.6 is 11.3 Å². The minimum atomic E-state index is -0.804. The molecule has 0 fully saturated rings. The second-order valence-corrected chi connectivity index (χ2v) is 6.10. The number of nitrogens with one attached hydrogen (secondary N) is 1. The molecule has 0 spiro atoms. The van der Waals surface area contributed by atoms with Gasteiger partial charge in [-0.15, -0.1) is 11.3 Å². The highest BCUT2D eigenvalue weighted by Gasteiger charge is 2.11. The van der Waals surface area contributed by atoms with Crippen LogP contribution < -0.4 is 5.32 Å². The molecule has 0 aliphatic heterocycles. The Morgan fingerprint density at radius 1 is 1.36 bits per heavy atom. The van der Waals surface area contributed by atoms with Crippen LogP contribution in [0.1, 0.15) is 24.6 Å². The number of thiazole rings is 1. The molecule has 0 atom stereocenters. The molecule has 118 valence electrons. The van der Waals surface area contributed by atoms with Crippen molar-refractivity contribution in [2.45, 2.75) is 26.8 Å². The Bertz CT molecular complexity index is 610. The van der Waals surface area contributed by atoms with Crippen molar-refractivity contribution in [3.63, 3.8) is 0 Å². The van der Waals surface area contributed by atoms with Gasteiger partial charge < -0.3 is 10.4 Å². The number of aromatic nitrogens is 1. The van der Waals surface area contributed by atoms with Crippen molar-refractivity contribution in [1.82, 2.24) is 9.88 Å². The van der Waals surface area contributed by atoms with Crippen LogP contribution in [0.4, 0.5) is 10.8 Å². The molecular formula is C16H21N3O2S. The van der Waals surface area contributed by atoms with Crippen LogP contribution in [0.25, 0.3) is 0 Å². The first kappa shape index (κ1) is 16.5. The van der Waals surface area contributed by atoms with E-state index in [4.69, 9.17) is 5.11 Å². The number of carboxylic acid groups (broad SMARTS) is 1. The summed E-state index contributed by atoms with van der Waals surface area (Å²) >= 11 is 1.53. The maximum absolute atomic E-state index is 10.9. The van der Waals surface area contributed by atoms with Crippen LogP contribution in [-0.2, 0) is 11.3 Å². The molecule has 0 amide bonds. The van der Waals surface area contributed by atoms with Crippen molar-refractivity contribution >= 4 is 28.1 Å². The Morgan fingerprint density at radius 2 is 2.09 bits per heavy atom. The molecule has 2 rings (SSSR count). The van der Waals surface area contributed by atoms with Gasteiger partial charge in [-0.3, -0.25) is 9.69 Å². The second-order valence-electron chi connectivity index (χ2n) is 5.24. The van der Waals surface area contributed by atoms with Crippen LogP contribution in [0, 0.1) is 6.92 Å². The molecule has 0 bridgehead atoms. The van der Waals surface area contributed by atoms with E-state index in [0.717, 1.165) is 29.5 Å². The molecular weight excluding hydrogens is 298 g/mol. The molecule has 0 radical (unpaired) electrons. The van der Waals surface area contributed by atoms with E-state index < -0.39 is 5.97 Å². The molecule has 0 aliphatic carbocycles. The first-order chi connectivity index (χ1) is 10.6. The van der Waals surface area contributed by atoms with Gasteiger partial charge in [-0.2, -0.15) is 0 Å². The summed E-state index contributed by atoms with van der Waals surface area (Å²) in [5.74, 6) is -0.804. The van der Waals surface area contributed by atoms with E-state index in [0.29, 0.717) is 6.54 Å². The van der Waals surface area contributed by atoms with Gasteiger partial charge >= 0.3 is 5.97 Å². The number of aryl methyl sites for hydroxylation is 1. The van der Waals surface area contributed by atoms with E-state index in [1.807, 2.05) is 41.5 Å². The Morgan fingerprint density at radius 3 is 2.73 bits per heavy atom. The molecule has 1 aromatic heterocycles. The van der Waals surface area contributed by atoms with Crippen molar-refractivity contribution in [1.29, 1.82) is 0 Å². The number of carboxylic acids is 1. The lowest BCUT2D eigenvalue weighted by Gasteiger charge is -2.17. The number of nitrogens with zero attached hydrogens (tertiary/aromatic N) is 2. The predicted octanol–water partition coefficient (Wildman–Crippen LogP) is 3.49. The smallest absolute Gasteiger partial charge is 0.317 e. The van der Waals surface area contributed by atoms with Gasteiger partial charge in [-0.05, 0) is 32.0 Å². The zero-order chi connectivity index (χ0) is 15.9. The monoisotopic (exact) mass is 319 g/mol. The van der Waals surface area contributed by atoms with Crippen LogP contribution in [-0.4, -0.2) is 34.0 Å². The topological polar surface area (TPSA) is 65.5 Å². The molecule has 0 saturated heterocycles. The Labute approximate surface area is 134 Å². The van der Waals surface area contributed by atoms with Crippen LogP contribution in [0.15, 0.2) is 29.6 Å². The summed E-state index contributed by atoms with van der Waals surface area (Å²) in [5.41, 5.74) is 3.12. The maximum atomic E-state index is 10.9. The van der Waals surface area contributed by atoms with Gasteiger partial charge in [0.25, 0.3) is 0 Å². The molecule has 5 nitrogen and oxygen atoms in total. The van der Waals surface area contributed by atoms with Crippen molar-refractivity contribution in [2.24, 2.45) is 0 Å². The molecule has 0 aliphatic rings. The molecule has 0 saturated carbocycles.